The molecule has 0 amide bonds. The van der Waals surface area contributed by atoms with Crippen molar-refractivity contribution in [1.29, 1.82) is 0 Å². The van der Waals surface area contributed by atoms with Gasteiger partial charge in [0.05, 0.1) is 22.0 Å². The molecule has 0 saturated heterocycles. The van der Waals surface area contributed by atoms with Crippen LogP contribution in [0.4, 0.5) is 0 Å². The first-order valence-corrected chi connectivity index (χ1v) is 9.58. The topological polar surface area (TPSA) is 55.7 Å². The molecule has 2 heterocycles. The van der Waals surface area contributed by atoms with Crippen molar-refractivity contribution in [3.8, 4) is 0 Å². The zero-order valence-corrected chi connectivity index (χ0v) is 14.3. The normalized spacial score (nSPS) is 14.1. The number of thiazole rings is 1. The Kier molecular flexibility index (Phi) is 5.20. The maximum Gasteiger partial charge on any atom is 0.188 e. The van der Waals surface area contributed by atoms with E-state index in [4.69, 9.17) is 0 Å². The third-order valence-electron chi connectivity index (χ3n) is 3.66. The highest BCUT2D eigenvalue weighted by molar-refractivity contribution is 7.98. The lowest BCUT2D eigenvalue weighted by molar-refractivity contribution is 0.0970. The Hall–Kier alpha value is -1.27. The van der Waals surface area contributed by atoms with Gasteiger partial charge in [0.1, 0.15) is 0 Å². The van der Waals surface area contributed by atoms with Crippen LogP contribution in [0.5, 0.6) is 0 Å². The zero-order chi connectivity index (χ0) is 15.4. The molecule has 1 aliphatic rings. The highest BCUT2D eigenvalue weighted by atomic mass is 32.2. The van der Waals surface area contributed by atoms with E-state index in [1.807, 2.05) is 0 Å². The number of unbranched alkanes of at least 4 members (excludes halogenated alkanes) is 1. The fourth-order valence-corrected chi connectivity index (χ4v) is 4.11. The van der Waals surface area contributed by atoms with Crippen LogP contribution in [0.15, 0.2) is 16.7 Å². The average Bonchev–Trinajstić information content (AvgIpc) is 2.99. The van der Waals surface area contributed by atoms with Crippen molar-refractivity contribution < 1.29 is 4.79 Å². The number of rotatable bonds is 6. The summed E-state index contributed by atoms with van der Waals surface area (Å²) in [4.78, 5) is 25.3. The molecule has 0 spiro atoms. The number of fused-ring (bicyclic) bond motifs is 1. The van der Waals surface area contributed by atoms with Gasteiger partial charge in [-0.05, 0) is 25.7 Å². The molecule has 2 aromatic heterocycles. The molecule has 0 radical (unpaired) electrons. The summed E-state index contributed by atoms with van der Waals surface area (Å²) in [5.41, 5.74) is 2.72. The Bertz CT molecular complexity index is 669. The van der Waals surface area contributed by atoms with E-state index in [0.29, 0.717) is 12.0 Å². The number of Topliss-reactive ketones (excluding diaryl/α,β-unsaturated/α-hetero) is 1. The molecule has 116 valence electrons. The van der Waals surface area contributed by atoms with Gasteiger partial charge in [-0.15, -0.1) is 11.3 Å². The number of aryl methyl sites for hydroxylation is 2. The predicted octanol–water partition coefficient (Wildman–Crippen LogP) is 4.09. The lowest BCUT2D eigenvalue weighted by atomic mass is 9.96. The molecular formula is C16H19N3OS2. The van der Waals surface area contributed by atoms with Crippen molar-refractivity contribution >= 4 is 28.9 Å². The molecule has 6 heteroatoms. The summed E-state index contributed by atoms with van der Waals surface area (Å²) in [6, 6.07) is 0. The van der Waals surface area contributed by atoms with Gasteiger partial charge in [0.25, 0.3) is 0 Å². The van der Waals surface area contributed by atoms with Crippen LogP contribution in [0.25, 0.3) is 0 Å². The highest BCUT2D eigenvalue weighted by Gasteiger charge is 2.19. The summed E-state index contributed by atoms with van der Waals surface area (Å²) >= 11 is 3.33. The molecule has 0 N–H and O–H groups in total. The number of hydrogen-bond acceptors (Lipinski definition) is 6. The monoisotopic (exact) mass is 333 g/mol. The Balaban J connectivity index is 1.62. The number of hydrogen-bond donors (Lipinski definition) is 0. The fraction of sp³-hybridized carbons (Fsp3) is 0.500. The Labute approximate surface area is 138 Å². The molecular weight excluding hydrogens is 314 g/mol. The van der Waals surface area contributed by atoms with E-state index < -0.39 is 0 Å². The SMILES string of the molecule is CCCCc1nc(CSc2ncc3c(n2)CCCC3=O)cs1. The second-order valence-corrected chi connectivity index (χ2v) is 7.30. The maximum atomic E-state index is 11.8. The van der Waals surface area contributed by atoms with Crippen LogP contribution in [-0.4, -0.2) is 20.7 Å². The number of nitrogens with zero attached hydrogens (tertiary/aromatic N) is 3. The van der Waals surface area contributed by atoms with E-state index in [-0.39, 0.29) is 5.78 Å². The zero-order valence-electron chi connectivity index (χ0n) is 12.7. The number of aromatic nitrogens is 3. The molecule has 0 aromatic carbocycles. The van der Waals surface area contributed by atoms with Gasteiger partial charge in [0.15, 0.2) is 10.9 Å². The van der Waals surface area contributed by atoms with Crippen LogP contribution in [-0.2, 0) is 18.6 Å². The van der Waals surface area contributed by atoms with Crippen molar-refractivity contribution in [2.45, 2.75) is 56.4 Å². The van der Waals surface area contributed by atoms with E-state index in [9.17, 15) is 4.79 Å². The standard InChI is InChI=1S/C16H19N3OS2/c1-2-3-7-15-18-11(9-21-15)10-22-16-17-8-12-13(19-16)5-4-6-14(12)20/h8-9H,2-7,10H2,1H3. The average molecular weight is 333 g/mol. The molecule has 0 saturated carbocycles. The van der Waals surface area contributed by atoms with Gasteiger partial charge in [-0.3, -0.25) is 4.79 Å². The van der Waals surface area contributed by atoms with E-state index >= 15 is 0 Å². The largest absolute Gasteiger partial charge is 0.294 e. The van der Waals surface area contributed by atoms with Gasteiger partial charge in [-0.25, -0.2) is 15.0 Å². The van der Waals surface area contributed by atoms with Gasteiger partial charge in [0, 0.05) is 23.8 Å². The summed E-state index contributed by atoms with van der Waals surface area (Å²) < 4.78 is 0. The van der Waals surface area contributed by atoms with E-state index in [2.05, 4.69) is 27.3 Å². The minimum atomic E-state index is 0.179. The minimum absolute atomic E-state index is 0.179. The quantitative estimate of drug-likeness (QED) is 0.589. The van der Waals surface area contributed by atoms with Crippen LogP contribution in [0.2, 0.25) is 0 Å². The fourth-order valence-electron chi connectivity index (χ4n) is 2.44. The second kappa shape index (κ2) is 7.33. The summed E-state index contributed by atoms with van der Waals surface area (Å²) in [6.45, 7) is 2.20. The third-order valence-corrected chi connectivity index (χ3v) is 5.51. The maximum absolute atomic E-state index is 11.8. The molecule has 3 rings (SSSR count). The number of carbonyl (C=O) groups excluding carboxylic acids is 1. The second-order valence-electron chi connectivity index (χ2n) is 5.41. The smallest absolute Gasteiger partial charge is 0.188 e. The van der Waals surface area contributed by atoms with Crippen molar-refractivity contribution in [3.05, 3.63) is 33.5 Å². The van der Waals surface area contributed by atoms with Gasteiger partial charge < -0.3 is 0 Å². The molecule has 0 unspecified atom stereocenters. The number of carbonyl (C=O) groups is 1. The third kappa shape index (κ3) is 3.73. The van der Waals surface area contributed by atoms with Crippen LogP contribution in [0.3, 0.4) is 0 Å². The van der Waals surface area contributed by atoms with Crippen LogP contribution < -0.4 is 0 Å². The van der Waals surface area contributed by atoms with E-state index in [0.717, 1.165) is 41.6 Å². The Morgan fingerprint density at radius 3 is 3.09 bits per heavy atom. The number of ketones is 1. The number of thioether (sulfide) groups is 1. The molecule has 2 aromatic rings. The Morgan fingerprint density at radius 2 is 2.23 bits per heavy atom. The van der Waals surface area contributed by atoms with Crippen LogP contribution in [0, 0.1) is 0 Å². The van der Waals surface area contributed by atoms with Gasteiger partial charge in [0.2, 0.25) is 0 Å². The van der Waals surface area contributed by atoms with Crippen molar-refractivity contribution in [3.63, 3.8) is 0 Å². The van der Waals surface area contributed by atoms with Crippen molar-refractivity contribution in [1.82, 2.24) is 15.0 Å². The highest BCUT2D eigenvalue weighted by Crippen LogP contribution is 2.24. The molecule has 0 atom stereocenters. The summed E-state index contributed by atoms with van der Waals surface area (Å²) in [6.07, 6.45) is 7.58. The first-order chi connectivity index (χ1) is 10.8. The van der Waals surface area contributed by atoms with Crippen LogP contribution in [0.1, 0.15) is 59.4 Å². The molecule has 4 nitrogen and oxygen atoms in total. The predicted molar refractivity (Wildman–Crippen MR) is 89.6 cm³/mol. The lowest BCUT2D eigenvalue weighted by Gasteiger charge is -2.13. The Morgan fingerprint density at radius 1 is 1.32 bits per heavy atom. The first kappa shape index (κ1) is 15.6. The molecule has 22 heavy (non-hydrogen) atoms. The summed E-state index contributed by atoms with van der Waals surface area (Å²) in [7, 11) is 0. The molecule has 0 fully saturated rings. The van der Waals surface area contributed by atoms with Crippen LogP contribution >= 0.6 is 23.1 Å². The van der Waals surface area contributed by atoms with Crippen molar-refractivity contribution in [2.75, 3.05) is 0 Å². The molecule has 1 aliphatic carbocycles. The van der Waals surface area contributed by atoms with Crippen molar-refractivity contribution in [2.24, 2.45) is 0 Å². The van der Waals surface area contributed by atoms with Gasteiger partial charge in [-0.2, -0.15) is 0 Å². The molecule has 0 aliphatic heterocycles. The van der Waals surface area contributed by atoms with E-state index in [1.54, 1.807) is 29.3 Å². The van der Waals surface area contributed by atoms with E-state index in [1.165, 1.54) is 17.8 Å². The summed E-state index contributed by atoms with van der Waals surface area (Å²) in [5.74, 6) is 0.966. The van der Waals surface area contributed by atoms with Gasteiger partial charge in [-0.1, -0.05) is 25.1 Å². The first-order valence-electron chi connectivity index (χ1n) is 7.71. The van der Waals surface area contributed by atoms with Gasteiger partial charge >= 0.3 is 0 Å². The molecule has 0 bridgehead atoms. The minimum Gasteiger partial charge on any atom is -0.294 e. The summed E-state index contributed by atoms with van der Waals surface area (Å²) in [5, 5.41) is 4.09. The lowest BCUT2D eigenvalue weighted by Crippen LogP contribution is -2.13.